The molecule has 0 saturated heterocycles. The number of anilines is 1. The zero-order chi connectivity index (χ0) is 14.5. The van der Waals surface area contributed by atoms with Gasteiger partial charge in [0.15, 0.2) is 0 Å². The Morgan fingerprint density at radius 1 is 1.35 bits per heavy atom. The van der Waals surface area contributed by atoms with E-state index in [4.69, 9.17) is 5.73 Å². The number of carbonyl (C=O) groups is 1. The number of amides is 1. The summed E-state index contributed by atoms with van der Waals surface area (Å²) in [5.74, 6) is -0.0630. The number of hydrogen-bond donors (Lipinski definition) is 3. The summed E-state index contributed by atoms with van der Waals surface area (Å²) in [5, 5.41) is 12.0. The summed E-state index contributed by atoms with van der Waals surface area (Å²) in [6, 6.07) is 9.53. The molecule has 0 aliphatic heterocycles. The van der Waals surface area contributed by atoms with Crippen LogP contribution in [0.5, 0.6) is 5.75 Å². The molecule has 0 bridgehead atoms. The number of aromatic nitrogens is 1. The van der Waals surface area contributed by atoms with E-state index in [2.05, 4.69) is 10.3 Å². The summed E-state index contributed by atoms with van der Waals surface area (Å²) in [4.78, 5) is 16.1. The minimum atomic E-state index is -0.654. The molecule has 104 valence electrons. The summed E-state index contributed by atoms with van der Waals surface area (Å²) in [6.07, 6.45) is 2.08. The van der Waals surface area contributed by atoms with E-state index in [9.17, 15) is 9.90 Å². The van der Waals surface area contributed by atoms with Gasteiger partial charge in [0.2, 0.25) is 5.91 Å². The topological polar surface area (TPSA) is 88.2 Å². The van der Waals surface area contributed by atoms with Crippen LogP contribution in [0.15, 0.2) is 42.6 Å². The summed E-state index contributed by atoms with van der Waals surface area (Å²) >= 11 is 0. The first-order valence-electron chi connectivity index (χ1n) is 6.32. The van der Waals surface area contributed by atoms with Gasteiger partial charge < -0.3 is 16.2 Å². The Morgan fingerprint density at radius 2 is 2.05 bits per heavy atom. The zero-order valence-corrected chi connectivity index (χ0v) is 11.2. The Balaban J connectivity index is 1.99. The predicted octanol–water partition coefficient (Wildman–Crippen LogP) is 1.60. The molecule has 0 saturated carbocycles. The van der Waals surface area contributed by atoms with E-state index in [1.54, 1.807) is 42.6 Å². The van der Waals surface area contributed by atoms with Gasteiger partial charge in [-0.2, -0.15) is 0 Å². The fraction of sp³-hybridized carbons (Fsp3) is 0.200. The second-order valence-corrected chi connectivity index (χ2v) is 4.60. The van der Waals surface area contributed by atoms with Gasteiger partial charge in [0.1, 0.15) is 5.75 Å². The Labute approximate surface area is 117 Å². The SMILES string of the molecule is Cc1ncccc1NC(=O)[C@H](N)Cc1ccc(O)cc1. The van der Waals surface area contributed by atoms with Crippen molar-refractivity contribution in [3.8, 4) is 5.75 Å². The smallest absolute Gasteiger partial charge is 0.241 e. The van der Waals surface area contributed by atoms with Crippen molar-refractivity contribution in [2.45, 2.75) is 19.4 Å². The molecule has 0 spiro atoms. The van der Waals surface area contributed by atoms with Crippen molar-refractivity contribution in [3.63, 3.8) is 0 Å². The van der Waals surface area contributed by atoms with Crippen molar-refractivity contribution in [1.82, 2.24) is 4.98 Å². The third-order valence-electron chi connectivity index (χ3n) is 2.99. The normalized spacial score (nSPS) is 11.9. The third kappa shape index (κ3) is 3.55. The standard InChI is InChI=1S/C15H17N3O2/c1-10-14(3-2-8-17-10)18-15(20)13(16)9-11-4-6-12(19)7-5-11/h2-8,13,19H,9,16H2,1H3,(H,18,20)/t13-/m1/s1. The van der Waals surface area contributed by atoms with Crippen LogP contribution in [0.3, 0.4) is 0 Å². The Hall–Kier alpha value is -2.40. The van der Waals surface area contributed by atoms with Crippen molar-refractivity contribution < 1.29 is 9.90 Å². The van der Waals surface area contributed by atoms with Gasteiger partial charge in [-0.15, -0.1) is 0 Å². The number of benzene rings is 1. The second kappa shape index (κ2) is 6.16. The molecule has 1 aromatic heterocycles. The van der Waals surface area contributed by atoms with Crippen LogP contribution in [0.1, 0.15) is 11.3 Å². The van der Waals surface area contributed by atoms with Crippen LogP contribution in [0.2, 0.25) is 0 Å². The predicted molar refractivity (Wildman–Crippen MR) is 77.4 cm³/mol. The summed E-state index contributed by atoms with van der Waals surface area (Å²) < 4.78 is 0. The van der Waals surface area contributed by atoms with E-state index in [0.717, 1.165) is 11.3 Å². The fourth-order valence-corrected chi connectivity index (χ4v) is 1.82. The number of rotatable bonds is 4. The van der Waals surface area contributed by atoms with Crippen LogP contribution < -0.4 is 11.1 Å². The highest BCUT2D eigenvalue weighted by atomic mass is 16.3. The second-order valence-electron chi connectivity index (χ2n) is 4.60. The van der Waals surface area contributed by atoms with Gasteiger partial charge >= 0.3 is 0 Å². The molecule has 0 unspecified atom stereocenters. The van der Waals surface area contributed by atoms with Gasteiger partial charge in [-0.3, -0.25) is 9.78 Å². The molecule has 4 N–H and O–H groups in total. The number of aryl methyl sites for hydroxylation is 1. The van der Waals surface area contributed by atoms with Crippen molar-refractivity contribution in [2.24, 2.45) is 5.73 Å². The average molecular weight is 271 g/mol. The molecule has 0 aliphatic rings. The first-order chi connectivity index (χ1) is 9.56. The molecule has 2 aromatic rings. The molecule has 5 nitrogen and oxygen atoms in total. The summed E-state index contributed by atoms with van der Waals surface area (Å²) in [5.41, 5.74) is 8.20. The van der Waals surface area contributed by atoms with Gasteiger partial charge in [0, 0.05) is 6.20 Å². The number of aromatic hydroxyl groups is 1. The Morgan fingerprint density at radius 3 is 2.70 bits per heavy atom. The highest BCUT2D eigenvalue weighted by Crippen LogP contribution is 2.13. The minimum Gasteiger partial charge on any atom is -0.508 e. The maximum Gasteiger partial charge on any atom is 0.241 e. The van der Waals surface area contributed by atoms with Gasteiger partial charge in [0.05, 0.1) is 17.4 Å². The molecule has 1 atom stereocenters. The lowest BCUT2D eigenvalue weighted by molar-refractivity contribution is -0.117. The van der Waals surface area contributed by atoms with Gasteiger partial charge in [-0.05, 0) is 43.2 Å². The highest BCUT2D eigenvalue weighted by Gasteiger charge is 2.15. The van der Waals surface area contributed by atoms with E-state index < -0.39 is 6.04 Å². The lowest BCUT2D eigenvalue weighted by Crippen LogP contribution is -2.37. The Kier molecular flexibility index (Phi) is 4.32. The number of nitrogens with one attached hydrogen (secondary N) is 1. The number of phenolic OH excluding ortho intramolecular Hbond substituents is 1. The number of hydrogen-bond acceptors (Lipinski definition) is 4. The van der Waals surface area contributed by atoms with E-state index in [1.165, 1.54) is 0 Å². The molecule has 2 rings (SSSR count). The van der Waals surface area contributed by atoms with Crippen molar-refractivity contribution in [1.29, 1.82) is 0 Å². The number of nitrogens with two attached hydrogens (primary N) is 1. The molecule has 1 heterocycles. The lowest BCUT2D eigenvalue weighted by Gasteiger charge is -2.13. The third-order valence-corrected chi connectivity index (χ3v) is 2.99. The lowest BCUT2D eigenvalue weighted by atomic mass is 10.1. The van der Waals surface area contributed by atoms with E-state index in [0.29, 0.717) is 12.1 Å². The first-order valence-corrected chi connectivity index (χ1v) is 6.32. The molecule has 5 heteroatoms. The minimum absolute atomic E-state index is 0.192. The molecule has 0 radical (unpaired) electrons. The fourth-order valence-electron chi connectivity index (χ4n) is 1.82. The molecular weight excluding hydrogens is 254 g/mol. The quantitative estimate of drug-likeness (QED) is 0.788. The zero-order valence-electron chi connectivity index (χ0n) is 11.2. The molecular formula is C15H17N3O2. The molecule has 20 heavy (non-hydrogen) atoms. The summed E-state index contributed by atoms with van der Waals surface area (Å²) in [6.45, 7) is 1.82. The van der Waals surface area contributed by atoms with Gasteiger partial charge in [0.25, 0.3) is 0 Å². The van der Waals surface area contributed by atoms with Crippen LogP contribution >= 0.6 is 0 Å². The Bertz CT molecular complexity index is 596. The van der Waals surface area contributed by atoms with Crippen LogP contribution in [0, 0.1) is 6.92 Å². The van der Waals surface area contributed by atoms with E-state index in [-0.39, 0.29) is 11.7 Å². The molecule has 0 aliphatic carbocycles. The molecule has 0 fully saturated rings. The average Bonchev–Trinajstić information content (AvgIpc) is 2.44. The maximum absolute atomic E-state index is 12.0. The maximum atomic E-state index is 12.0. The van der Waals surface area contributed by atoms with Crippen LogP contribution in [0.25, 0.3) is 0 Å². The van der Waals surface area contributed by atoms with Crippen LogP contribution in [-0.2, 0) is 11.2 Å². The first kappa shape index (κ1) is 14.0. The van der Waals surface area contributed by atoms with Crippen molar-refractivity contribution in [3.05, 3.63) is 53.9 Å². The van der Waals surface area contributed by atoms with Crippen LogP contribution in [0.4, 0.5) is 5.69 Å². The van der Waals surface area contributed by atoms with Crippen molar-refractivity contribution in [2.75, 3.05) is 5.32 Å². The van der Waals surface area contributed by atoms with Gasteiger partial charge in [-0.25, -0.2) is 0 Å². The summed E-state index contributed by atoms with van der Waals surface area (Å²) in [7, 11) is 0. The number of carbonyl (C=O) groups excluding carboxylic acids is 1. The highest BCUT2D eigenvalue weighted by molar-refractivity contribution is 5.95. The molecule has 1 amide bonds. The van der Waals surface area contributed by atoms with Crippen molar-refractivity contribution >= 4 is 11.6 Å². The largest absolute Gasteiger partial charge is 0.508 e. The monoisotopic (exact) mass is 271 g/mol. The van der Waals surface area contributed by atoms with E-state index in [1.807, 2.05) is 6.92 Å². The molecule has 1 aromatic carbocycles. The van der Waals surface area contributed by atoms with Crippen LogP contribution in [-0.4, -0.2) is 22.0 Å². The van der Waals surface area contributed by atoms with E-state index >= 15 is 0 Å². The van der Waals surface area contributed by atoms with Gasteiger partial charge in [-0.1, -0.05) is 12.1 Å². The number of pyridine rings is 1. The number of nitrogens with zero attached hydrogens (tertiary/aromatic N) is 1. The number of phenols is 1.